The van der Waals surface area contributed by atoms with Crippen molar-refractivity contribution in [3.8, 4) is 11.5 Å². The van der Waals surface area contributed by atoms with Gasteiger partial charge in [-0.1, -0.05) is 6.07 Å². The number of aliphatic carboxylic acids is 1. The first-order valence-corrected chi connectivity index (χ1v) is 6.61. The maximum atomic E-state index is 12.1. The molecule has 6 nitrogen and oxygen atoms in total. The maximum absolute atomic E-state index is 12.1. The van der Waals surface area contributed by atoms with E-state index in [2.05, 4.69) is 0 Å². The number of carboxylic acid groups (broad SMARTS) is 1. The zero-order valence-electron chi connectivity index (χ0n) is 11.7. The van der Waals surface area contributed by atoms with Gasteiger partial charge in [-0.3, -0.25) is 4.79 Å². The molecule has 0 aromatic heterocycles. The van der Waals surface area contributed by atoms with Gasteiger partial charge in [-0.25, -0.2) is 4.79 Å². The Morgan fingerprint density at radius 1 is 1.43 bits per heavy atom. The molecule has 0 spiro atoms. The lowest BCUT2D eigenvalue weighted by Crippen LogP contribution is -2.39. The fourth-order valence-electron chi connectivity index (χ4n) is 2.35. The van der Waals surface area contributed by atoms with Gasteiger partial charge in [0, 0.05) is 12.6 Å². The Morgan fingerprint density at radius 3 is 2.86 bits per heavy atom. The van der Waals surface area contributed by atoms with Crippen LogP contribution < -0.4 is 4.74 Å². The molecule has 1 aliphatic rings. The molecule has 1 atom stereocenters. The summed E-state index contributed by atoms with van der Waals surface area (Å²) in [7, 11) is 1.44. The van der Waals surface area contributed by atoms with Crippen LogP contribution in [-0.4, -0.2) is 46.7 Å². The van der Waals surface area contributed by atoms with Crippen LogP contribution in [0.15, 0.2) is 24.3 Å². The van der Waals surface area contributed by atoms with Gasteiger partial charge < -0.3 is 19.8 Å². The highest BCUT2D eigenvalue weighted by atomic mass is 16.5. The van der Waals surface area contributed by atoms with E-state index in [4.69, 9.17) is 9.84 Å². The lowest BCUT2D eigenvalue weighted by molar-refractivity contribution is -0.146. The Morgan fingerprint density at radius 2 is 2.19 bits per heavy atom. The first-order chi connectivity index (χ1) is 10.0. The standard InChI is InChI=1S/C15H17NO5/c1-21-13-9-10(4-6-12(13)17)5-7-14(18)16-8-2-3-11(16)15(19)20/h4-7,9,11,17H,2-3,8H2,1H3,(H,19,20)/b7-5+. The molecule has 1 fully saturated rings. The van der Waals surface area contributed by atoms with Crippen molar-refractivity contribution in [3.63, 3.8) is 0 Å². The summed E-state index contributed by atoms with van der Waals surface area (Å²) in [6.07, 6.45) is 4.10. The molecular weight excluding hydrogens is 274 g/mol. The Balaban J connectivity index is 2.10. The number of aromatic hydroxyl groups is 1. The molecule has 1 aromatic rings. The number of nitrogens with zero attached hydrogens (tertiary/aromatic N) is 1. The second kappa shape index (κ2) is 6.30. The number of phenols is 1. The van der Waals surface area contributed by atoms with Gasteiger partial charge in [-0.15, -0.1) is 0 Å². The number of rotatable bonds is 4. The van der Waals surface area contributed by atoms with Gasteiger partial charge in [0.15, 0.2) is 11.5 Å². The number of ether oxygens (including phenoxy) is 1. The molecule has 21 heavy (non-hydrogen) atoms. The number of methoxy groups -OCH3 is 1. The highest BCUT2D eigenvalue weighted by Crippen LogP contribution is 2.27. The van der Waals surface area contributed by atoms with Crippen molar-refractivity contribution in [2.75, 3.05) is 13.7 Å². The van der Waals surface area contributed by atoms with Crippen molar-refractivity contribution in [3.05, 3.63) is 29.8 Å². The molecule has 1 saturated heterocycles. The Kier molecular flexibility index (Phi) is 4.47. The predicted molar refractivity (Wildman–Crippen MR) is 76.1 cm³/mol. The molecule has 2 rings (SSSR count). The fourth-order valence-corrected chi connectivity index (χ4v) is 2.35. The lowest BCUT2D eigenvalue weighted by Gasteiger charge is -2.19. The summed E-state index contributed by atoms with van der Waals surface area (Å²) >= 11 is 0. The minimum atomic E-state index is -0.972. The van der Waals surface area contributed by atoms with Gasteiger partial charge in [0.25, 0.3) is 0 Å². The molecule has 0 saturated carbocycles. The lowest BCUT2D eigenvalue weighted by atomic mass is 10.2. The molecule has 112 valence electrons. The van der Waals surface area contributed by atoms with E-state index in [9.17, 15) is 14.7 Å². The van der Waals surface area contributed by atoms with Crippen molar-refractivity contribution in [1.29, 1.82) is 0 Å². The highest BCUT2D eigenvalue weighted by Gasteiger charge is 2.32. The SMILES string of the molecule is COc1cc(/C=C/C(=O)N2CCCC2C(=O)O)ccc1O. The van der Waals surface area contributed by atoms with Crippen LogP contribution in [0.1, 0.15) is 18.4 Å². The number of carboxylic acids is 1. The second-order valence-corrected chi connectivity index (χ2v) is 4.79. The van der Waals surface area contributed by atoms with Gasteiger partial charge in [0.2, 0.25) is 5.91 Å². The summed E-state index contributed by atoms with van der Waals surface area (Å²) in [5.74, 6) is -0.965. The predicted octanol–water partition coefficient (Wildman–Crippen LogP) is 1.49. The van der Waals surface area contributed by atoms with Gasteiger partial charge in [0.1, 0.15) is 6.04 Å². The average Bonchev–Trinajstić information content (AvgIpc) is 2.95. The van der Waals surface area contributed by atoms with E-state index in [0.717, 1.165) is 0 Å². The molecule has 0 bridgehead atoms. The summed E-state index contributed by atoms with van der Waals surface area (Å²) < 4.78 is 4.98. The molecular formula is C15H17NO5. The molecule has 1 heterocycles. The number of likely N-dealkylation sites (tertiary alicyclic amines) is 1. The van der Waals surface area contributed by atoms with Crippen LogP contribution in [0.25, 0.3) is 6.08 Å². The topological polar surface area (TPSA) is 87.1 Å². The van der Waals surface area contributed by atoms with E-state index in [-0.39, 0.29) is 11.7 Å². The van der Waals surface area contributed by atoms with Crippen LogP contribution in [0, 0.1) is 0 Å². The monoisotopic (exact) mass is 291 g/mol. The molecule has 0 aliphatic carbocycles. The number of benzene rings is 1. The minimum absolute atomic E-state index is 0.0199. The molecule has 1 unspecified atom stereocenters. The Hall–Kier alpha value is -2.50. The number of hydrogen-bond acceptors (Lipinski definition) is 4. The van der Waals surface area contributed by atoms with Crippen LogP contribution in [0.4, 0.5) is 0 Å². The van der Waals surface area contributed by atoms with Crippen LogP contribution in [-0.2, 0) is 9.59 Å². The van der Waals surface area contributed by atoms with E-state index >= 15 is 0 Å². The normalized spacial score (nSPS) is 18.1. The average molecular weight is 291 g/mol. The molecule has 0 radical (unpaired) electrons. The van der Waals surface area contributed by atoms with Crippen LogP contribution >= 0.6 is 0 Å². The maximum Gasteiger partial charge on any atom is 0.326 e. The Bertz CT molecular complexity index is 581. The smallest absolute Gasteiger partial charge is 0.326 e. The number of phenolic OH excluding ortho intramolecular Hbond substituents is 1. The number of amides is 1. The fraction of sp³-hybridized carbons (Fsp3) is 0.333. The molecule has 2 N–H and O–H groups in total. The number of hydrogen-bond donors (Lipinski definition) is 2. The third kappa shape index (κ3) is 3.34. The van der Waals surface area contributed by atoms with E-state index in [0.29, 0.717) is 30.7 Å². The van der Waals surface area contributed by atoms with Gasteiger partial charge in [-0.05, 0) is 36.6 Å². The van der Waals surface area contributed by atoms with E-state index < -0.39 is 12.0 Å². The van der Waals surface area contributed by atoms with Crippen molar-refractivity contribution in [2.45, 2.75) is 18.9 Å². The van der Waals surface area contributed by atoms with Gasteiger partial charge in [0.05, 0.1) is 7.11 Å². The zero-order chi connectivity index (χ0) is 15.4. The summed E-state index contributed by atoms with van der Waals surface area (Å²) in [6, 6.07) is 3.97. The third-order valence-corrected chi connectivity index (χ3v) is 3.44. The number of carbonyl (C=O) groups excluding carboxylic acids is 1. The van der Waals surface area contributed by atoms with E-state index in [1.807, 2.05) is 0 Å². The second-order valence-electron chi connectivity index (χ2n) is 4.79. The van der Waals surface area contributed by atoms with Gasteiger partial charge >= 0.3 is 5.97 Å². The minimum Gasteiger partial charge on any atom is -0.504 e. The van der Waals surface area contributed by atoms with E-state index in [1.165, 1.54) is 24.2 Å². The molecule has 1 aromatic carbocycles. The quantitative estimate of drug-likeness (QED) is 0.821. The van der Waals surface area contributed by atoms with Gasteiger partial charge in [-0.2, -0.15) is 0 Å². The van der Waals surface area contributed by atoms with Crippen molar-refractivity contribution < 1.29 is 24.5 Å². The van der Waals surface area contributed by atoms with E-state index in [1.54, 1.807) is 18.2 Å². The first kappa shape index (κ1) is 14.9. The largest absolute Gasteiger partial charge is 0.504 e. The Labute approximate surface area is 122 Å². The van der Waals surface area contributed by atoms with Crippen molar-refractivity contribution >= 4 is 18.0 Å². The van der Waals surface area contributed by atoms with Crippen LogP contribution in [0.2, 0.25) is 0 Å². The summed E-state index contributed by atoms with van der Waals surface area (Å²) in [5.41, 5.74) is 0.684. The molecule has 1 aliphatic heterocycles. The van der Waals surface area contributed by atoms with Crippen molar-refractivity contribution in [2.24, 2.45) is 0 Å². The summed E-state index contributed by atoms with van der Waals surface area (Å²) in [5, 5.41) is 18.5. The highest BCUT2D eigenvalue weighted by molar-refractivity contribution is 5.94. The first-order valence-electron chi connectivity index (χ1n) is 6.61. The molecule has 1 amide bonds. The number of carbonyl (C=O) groups is 2. The molecule has 6 heteroatoms. The van der Waals surface area contributed by atoms with Crippen LogP contribution in [0.3, 0.4) is 0 Å². The van der Waals surface area contributed by atoms with Crippen molar-refractivity contribution in [1.82, 2.24) is 4.90 Å². The zero-order valence-corrected chi connectivity index (χ0v) is 11.7. The van der Waals surface area contributed by atoms with Crippen LogP contribution in [0.5, 0.6) is 11.5 Å². The summed E-state index contributed by atoms with van der Waals surface area (Å²) in [4.78, 5) is 24.5. The third-order valence-electron chi connectivity index (χ3n) is 3.44. The summed E-state index contributed by atoms with van der Waals surface area (Å²) in [6.45, 7) is 0.457.